The van der Waals surface area contributed by atoms with Crippen LogP contribution in [0, 0.1) is 0 Å². The first kappa shape index (κ1) is 16.6. The highest BCUT2D eigenvalue weighted by Crippen LogP contribution is 2.29. The van der Waals surface area contributed by atoms with E-state index >= 15 is 0 Å². The molecule has 3 rings (SSSR count). The lowest BCUT2D eigenvalue weighted by atomic mass is 10.1. The molecule has 0 bridgehead atoms. The van der Waals surface area contributed by atoms with Crippen LogP contribution in [0.3, 0.4) is 0 Å². The Morgan fingerprint density at radius 1 is 1.38 bits per heavy atom. The van der Waals surface area contributed by atoms with Crippen molar-refractivity contribution in [3.8, 4) is 5.88 Å². The van der Waals surface area contributed by atoms with E-state index in [1.165, 1.54) is 12.3 Å². The minimum atomic E-state index is -4.42. The highest BCUT2D eigenvalue weighted by molar-refractivity contribution is 5.93. The van der Waals surface area contributed by atoms with E-state index in [2.05, 4.69) is 4.98 Å². The van der Waals surface area contributed by atoms with Crippen molar-refractivity contribution in [2.75, 3.05) is 19.7 Å². The first-order chi connectivity index (χ1) is 11.4. The van der Waals surface area contributed by atoms with Crippen molar-refractivity contribution in [3.63, 3.8) is 0 Å². The molecular weight excluding hydrogens is 325 g/mol. The van der Waals surface area contributed by atoms with Gasteiger partial charge in [-0.15, -0.1) is 0 Å². The Balaban J connectivity index is 1.56. The van der Waals surface area contributed by atoms with Crippen LogP contribution >= 0.6 is 0 Å². The first-order valence-corrected chi connectivity index (χ1v) is 7.73. The molecular formula is C16H17F3N2O3. The minimum Gasteiger partial charge on any atom is -0.501 e. The second kappa shape index (κ2) is 6.70. The predicted octanol–water partition coefficient (Wildman–Crippen LogP) is 2.77. The number of nitrogens with zero attached hydrogens (tertiary/aromatic N) is 2. The van der Waals surface area contributed by atoms with Crippen molar-refractivity contribution >= 4 is 5.91 Å². The third kappa shape index (κ3) is 3.80. The van der Waals surface area contributed by atoms with E-state index in [0.717, 1.165) is 18.7 Å². The predicted molar refractivity (Wildman–Crippen MR) is 78.1 cm³/mol. The molecule has 1 aromatic heterocycles. The quantitative estimate of drug-likeness (QED) is 0.848. The summed E-state index contributed by atoms with van der Waals surface area (Å²) in [4.78, 5) is 17.7. The van der Waals surface area contributed by atoms with Gasteiger partial charge in [0.1, 0.15) is 6.10 Å². The van der Waals surface area contributed by atoms with Gasteiger partial charge in [0.2, 0.25) is 5.88 Å². The molecule has 0 saturated carbocycles. The highest BCUT2D eigenvalue weighted by atomic mass is 19.4. The molecule has 2 aliphatic heterocycles. The molecule has 1 atom stereocenters. The molecule has 5 nitrogen and oxygen atoms in total. The number of ether oxygens (including phenoxy) is 2. The van der Waals surface area contributed by atoms with Gasteiger partial charge in [0.25, 0.3) is 5.91 Å². The summed E-state index contributed by atoms with van der Waals surface area (Å²) < 4.78 is 48.3. The smallest absolute Gasteiger partial charge is 0.417 e. The van der Waals surface area contributed by atoms with E-state index in [0.29, 0.717) is 38.1 Å². The van der Waals surface area contributed by atoms with Gasteiger partial charge in [0.15, 0.2) is 0 Å². The molecule has 3 heterocycles. The molecule has 0 aromatic carbocycles. The van der Waals surface area contributed by atoms with Crippen LogP contribution in [0.1, 0.15) is 24.8 Å². The van der Waals surface area contributed by atoms with Gasteiger partial charge in [-0.1, -0.05) is 0 Å². The second-order valence-corrected chi connectivity index (χ2v) is 5.78. The number of halogens is 3. The fourth-order valence-corrected chi connectivity index (χ4v) is 2.72. The minimum absolute atomic E-state index is 0.0684. The summed E-state index contributed by atoms with van der Waals surface area (Å²) in [6, 6.07) is 2.13. The molecule has 24 heavy (non-hydrogen) atoms. The third-order valence-corrected chi connectivity index (χ3v) is 3.99. The average molecular weight is 342 g/mol. The Morgan fingerprint density at radius 3 is 2.83 bits per heavy atom. The Hall–Kier alpha value is -2.25. The summed E-state index contributed by atoms with van der Waals surface area (Å²) in [6.07, 6.45) is -0.305. The maximum Gasteiger partial charge on any atom is 0.417 e. The number of hydrogen-bond donors (Lipinski definition) is 0. The summed E-state index contributed by atoms with van der Waals surface area (Å²) in [6.45, 7) is 1.56. The van der Waals surface area contributed by atoms with Crippen molar-refractivity contribution in [3.05, 3.63) is 35.7 Å². The average Bonchev–Trinajstić information content (AvgIpc) is 3.03. The number of rotatable bonds is 3. The second-order valence-electron chi connectivity index (χ2n) is 5.78. The summed E-state index contributed by atoms with van der Waals surface area (Å²) in [5.74, 6) is 0.0590. The fraction of sp³-hybridized carbons (Fsp3) is 0.500. The monoisotopic (exact) mass is 342 g/mol. The van der Waals surface area contributed by atoms with Crippen molar-refractivity contribution in [2.24, 2.45) is 0 Å². The van der Waals surface area contributed by atoms with Crippen LogP contribution in [0.25, 0.3) is 0 Å². The molecule has 8 heteroatoms. The van der Waals surface area contributed by atoms with Crippen LogP contribution in [0.4, 0.5) is 13.2 Å². The van der Waals surface area contributed by atoms with E-state index in [1.807, 2.05) is 0 Å². The first-order valence-electron chi connectivity index (χ1n) is 7.73. The van der Waals surface area contributed by atoms with E-state index in [1.54, 1.807) is 4.90 Å². The van der Waals surface area contributed by atoms with Crippen molar-refractivity contribution in [1.29, 1.82) is 0 Å². The highest BCUT2D eigenvalue weighted by Gasteiger charge is 2.32. The zero-order valence-corrected chi connectivity index (χ0v) is 12.9. The number of alkyl halides is 3. The molecule has 0 radical (unpaired) electrons. The van der Waals surface area contributed by atoms with Crippen LogP contribution in [0.5, 0.6) is 5.88 Å². The zero-order valence-electron chi connectivity index (χ0n) is 12.9. The molecule has 1 amide bonds. The number of carbonyl (C=O) groups is 1. The Bertz CT molecular complexity index is 628. The van der Waals surface area contributed by atoms with Gasteiger partial charge >= 0.3 is 6.18 Å². The largest absolute Gasteiger partial charge is 0.501 e. The van der Waals surface area contributed by atoms with Gasteiger partial charge in [-0.2, -0.15) is 13.2 Å². The number of amides is 1. The van der Waals surface area contributed by atoms with Crippen LogP contribution in [0.15, 0.2) is 30.2 Å². The lowest BCUT2D eigenvalue weighted by molar-refractivity contribution is -0.137. The van der Waals surface area contributed by atoms with Gasteiger partial charge in [0.05, 0.1) is 30.6 Å². The summed E-state index contributed by atoms with van der Waals surface area (Å²) in [7, 11) is 0. The van der Waals surface area contributed by atoms with E-state index in [9.17, 15) is 18.0 Å². The van der Waals surface area contributed by atoms with Gasteiger partial charge < -0.3 is 14.4 Å². The molecule has 1 fully saturated rings. The standard InChI is InChI=1S/C16H17F3N2O3/c17-16(18,19)12-3-4-14(20-8-12)24-13-5-6-21(9-13)15(22)11-2-1-7-23-10-11/h3-4,8,10,13H,1-2,5-7,9H2/t13-/m1/s1. The SMILES string of the molecule is O=C(C1=COCCC1)N1CC[C@@H](Oc2ccc(C(F)(F)F)cn2)C1. The third-order valence-electron chi connectivity index (χ3n) is 3.99. The molecule has 2 aliphatic rings. The van der Waals surface area contributed by atoms with Crippen molar-refractivity contribution < 1.29 is 27.4 Å². The van der Waals surface area contributed by atoms with Crippen molar-refractivity contribution in [1.82, 2.24) is 9.88 Å². The Morgan fingerprint density at radius 2 is 2.21 bits per heavy atom. The van der Waals surface area contributed by atoms with Crippen LogP contribution in [0.2, 0.25) is 0 Å². The summed E-state index contributed by atoms with van der Waals surface area (Å²) in [5.41, 5.74) is -0.170. The van der Waals surface area contributed by atoms with Crippen molar-refractivity contribution in [2.45, 2.75) is 31.5 Å². The lowest BCUT2D eigenvalue weighted by Crippen LogP contribution is -2.32. The number of hydrogen-bond acceptors (Lipinski definition) is 4. The summed E-state index contributed by atoms with van der Waals surface area (Å²) >= 11 is 0. The van der Waals surface area contributed by atoms with Gasteiger partial charge in [0, 0.05) is 25.2 Å². The maximum atomic E-state index is 12.5. The molecule has 1 aromatic rings. The molecule has 0 unspecified atom stereocenters. The van der Waals surface area contributed by atoms with Crippen LogP contribution in [-0.2, 0) is 15.7 Å². The molecule has 0 N–H and O–H groups in total. The zero-order chi connectivity index (χ0) is 17.2. The van der Waals surface area contributed by atoms with Crippen LogP contribution in [-0.4, -0.2) is 41.6 Å². The molecule has 0 spiro atoms. The van der Waals surface area contributed by atoms with Gasteiger partial charge in [-0.3, -0.25) is 4.79 Å². The topological polar surface area (TPSA) is 51.7 Å². The Kier molecular flexibility index (Phi) is 4.64. The van der Waals surface area contributed by atoms with Gasteiger partial charge in [-0.25, -0.2) is 4.98 Å². The van der Waals surface area contributed by atoms with E-state index < -0.39 is 11.7 Å². The van der Waals surface area contributed by atoms with Crippen LogP contribution < -0.4 is 4.74 Å². The molecule has 130 valence electrons. The lowest BCUT2D eigenvalue weighted by Gasteiger charge is -2.20. The number of aromatic nitrogens is 1. The number of likely N-dealkylation sites (tertiary alicyclic amines) is 1. The molecule has 1 saturated heterocycles. The maximum absolute atomic E-state index is 12.5. The molecule has 0 aliphatic carbocycles. The number of carbonyl (C=O) groups excluding carboxylic acids is 1. The Labute approximate surface area is 137 Å². The van der Waals surface area contributed by atoms with Gasteiger partial charge in [-0.05, 0) is 18.9 Å². The number of pyridine rings is 1. The van der Waals surface area contributed by atoms with E-state index in [-0.39, 0.29) is 17.9 Å². The summed E-state index contributed by atoms with van der Waals surface area (Å²) in [5, 5.41) is 0. The normalized spacial score (nSPS) is 21.2. The fourth-order valence-electron chi connectivity index (χ4n) is 2.72. The van der Waals surface area contributed by atoms with E-state index in [4.69, 9.17) is 9.47 Å².